The Kier molecular flexibility index (Phi) is 3.95. The summed E-state index contributed by atoms with van der Waals surface area (Å²) in [4.78, 5) is 27.9. The zero-order chi connectivity index (χ0) is 19.1. The third-order valence-electron chi connectivity index (χ3n) is 5.43. The molecule has 4 atom stereocenters. The number of imide groups is 1. The first-order valence-corrected chi connectivity index (χ1v) is 9.07. The van der Waals surface area contributed by atoms with Crippen molar-refractivity contribution < 1.29 is 19.1 Å². The maximum Gasteiger partial charge on any atom is 0.240 e. The fraction of sp³-hybridized carbons (Fsp3) is 0.438. The molecule has 4 unspecified atom stereocenters. The van der Waals surface area contributed by atoms with Crippen LogP contribution < -0.4 is 4.90 Å². The monoisotopic (exact) mass is 436 g/mol. The van der Waals surface area contributed by atoms with Gasteiger partial charge in [-0.2, -0.15) is 0 Å². The van der Waals surface area contributed by atoms with E-state index in [1.54, 1.807) is 12.1 Å². The van der Waals surface area contributed by atoms with Gasteiger partial charge in [0, 0.05) is 20.4 Å². The van der Waals surface area contributed by atoms with Crippen LogP contribution in [0.15, 0.2) is 34.6 Å². The lowest BCUT2D eigenvalue weighted by Crippen LogP contribution is -2.60. The number of hydrogen-bond acceptors (Lipinski definition) is 5. The van der Waals surface area contributed by atoms with Gasteiger partial charge in [-0.05, 0) is 12.1 Å². The van der Waals surface area contributed by atoms with Gasteiger partial charge in [0.1, 0.15) is 9.75 Å². The van der Waals surface area contributed by atoms with Crippen LogP contribution in [0.25, 0.3) is 0 Å². The van der Waals surface area contributed by atoms with Crippen LogP contribution in [-0.2, 0) is 19.1 Å². The smallest absolute Gasteiger partial charge is 0.240 e. The van der Waals surface area contributed by atoms with Gasteiger partial charge in [0.2, 0.25) is 17.6 Å². The van der Waals surface area contributed by atoms with Crippen LogP contribution >= 0.6 is 46.4 Å². The first-order chi connectivity index (χ1) is 12.2. The van der Waals surface area contributed by atoms with Crippen molar-refractivity contribution in [3.05, 3.63) is 34.6 Å². The van der Waals surface area contributed by atoms with Crippen molar-refractivity contribution >= 4 is 63.9 Å². The molecule has 1 aromatic heterocycles. The minimum Gasteiger partial charge on any atom is -0.350 e. The lowest BCUT2D eigenvalue weighted by atomic mass is 9.84. The molecule has 2 bridgehead atoms. The summed E-state index contributed by atoms with van der Waals surface area (Å²) >= 11 is 26.5. The number of ether oxygens (including phenoxy) is 2. The molecule has 1 saturated heterocycles. The van der Waals surface area contributed by atoms with Gasteiger partial charge in [-0.15, -0.1) is 23.2 Å². The maximum atomic E-state index is 13.2. The third-order valence-corrected chi connectivity index (χ3v) is 8.04. The van der Waals surface area contributed by atoms with Gasteiger partial charge in [0.25, 0.3) is 0 Å². The Morgan fingerprint density at radius 1 is 1.04 bits per heavy atom. The second kappa shape index (κ2) is 5.56. The molecule has 0 N–H and O–H groups in total. The summed E-state index contributed by atoms with van der Waals surface area (Å²) in [5, 5.41) is -0.120. The van der Waals surface area contributed by atoms with E-state index >= 15 is 0 Å². The summed E-state index contributed by atoms with van der Waals surface area (Å²) in [7, 11) is 2.62. The second-order valence-electron chi connectivity index (χ2n) is 6.25. The van der Waals surface area contributed by atoms with Crippen molar-refractivity contribution in [2.45, 2.75) is 15.5 Å². The highest BCUT2D eigenvalue weighted by Crippen LogP contribution is 2.75. The molecule has 1 aromatic rings. The number of hydrogen-bond donors (Lipinski definition) is 0. The molecule has 138 valence electrons. The number of halogens is 4. The molecule has 0 aromatic carbocycles. The normalized spacial score (nSPS) is 37.7. The number of aromatic nitrogens is 1. The van der Waals surface area contributed by atoms with Gasteiger partial charge in [-0.25, -0.2) is 4.90 Å². The number of rotatable bonds is 3. The average molecular weight is 438 g/mol. The molecule has 1 aliphatic heterocycles. The SMILES string of the molecule is COC1(OC)C2(Cl)C(Cl)=C(Cl)C1(Cl)C1C(=O)N(c3cccnc3)C(=O)C12. The molecule has 0 spiro atoms. The fourth-order valence-corrected chi connectivity index (χ4v) is 6.61. The molecular weight excluding hydrogens is 426 g/mol. The topological polar surface area (TPSA) is 68.7 Å². The van der Waals surface area contributed by atoms with Crippen molar-refractivity contribution in [2.24, 2.45) is 11.8 Å². The van der Waals surface area contributed by atoms with E-state index in [1.807, 2.05) is 0 Å². The van der Waals surface area contributed by atoms with E-state index in [-0.39, 0.29) is 10.1 Å². The summed E-state index contributed by atoms with van der Waals surface area (Å²) < 4.78 is 11.0. The first kappa shape index (κ1) is 18.5. The van der Waals surface area contributed by atoms with Crippen molar-refractivity contribution in [3.8, 4) is 0 Å². The van der Waals surface area contributed by atoms with Gasteiger partial charge in [0.15, 0.2) is 0 Å². The Morgan fingerprint density at radius 3 is 1.92 bits per heavy atom. The molecule has 2 heterocycles. The standard InChI is InChI=1S/C16H12Cl4N2O4/c1-25-16(26-2)14(19)8-9(15(16,20)11(18)10(14)17)13(24)22(12(8)23)7-4-3-5-21-6-7/h3-6,8-9H,1-2H3. The fourth-order valence-electron chi connectivity index (χ4n) is 4.45. The molecule has 4 rings (SSSR count). The molecule has 1 saturated carbocycles. The zero-order valence-electron chi connectivity index (χ0n) is 13.5. The third kappa shape index (κ3) is 1.64. The summed E-state index contributed by atoms with van der Waals surface area (Å²) in [5.41, 5.74) is 0.310. The number of fused-ring (bicyclic) bond motifs is 5. The van der Waals surface area contributed by atoms with Crippen LogP contribution in [0.1, 0.15) is 0 Å². The highest BCUT2D eigenvalue weighted by atomic mass is 35.5. The Bertz CT molecular complexity index is 813. The van der Waals surface area contributed by atoms with E-state index in [1.165, 1.54) is 26.6 Å². The van der Waals surface area contributed by atoms with E-state index in [0.29, 0.717) is 5.69 Å². The molecule has 2 fully saturated rings. The van der Waals surface area contributed by atoms with Crippen LogP contribution in [0.3, 0.4) is 0 Å². The van der Waals surface area contributed by atoms with E-state index in [4.69, 9.17) is 55.9 Å². The van der Waals surface area contributed by atoms with Crippen molar-refractivity contribution in [3.63, 3.8) is 0 Å². The number of methoxy groups -OCH3 is 2. The molecule has 26 heavy (non-hydrogen) atoms. The summed E-state index contributed by atoms with van der Waals surface area (Å²) in [6.07, 6.45) is 2.93. The summed E-state index contributed by atoms with van der Waals surface area (Å²) in [5.74, 6) is -5.12. The zero-order valence-corrected chi connectivity index (χ0v) is 16.5. The summed E-state index contributed by atoms with van der Waals surface area (Å²) in [6, 6.07) is 3.20. The van der Waals surface area contributed by atoms with Crippen LogP contribution in [0.4, 0.5) is 5.69 Å². The lowest BCUT2D eigenvalue weighted by Gasteiger charge is -2.42. The Balaban J connectivity index is 1.95. The van der Waals surface area contributed by atoms with E-state index in [2.05, 4.69) is 4.98 Å². The average Bonchev–Trinajstić information content (AvgIpc) is 3.06. The van der Waals surface area contributed by atoms with E-state index in [9.17, 15) is 9.59 Å². The van der Waals surface area contributed by atoms with Gasteiger partial charge in [-0.1, -0.05) is 23.2 Å². The number of nitrogens with zero attached hydrogens (tertiary/aromatic N) is 2. The first-order valence-electron chi connectivity index (χ1n) is 7.56. The van der Waals surface area contributed by atoms with Crippen LogP contribution in [-0.4, -0.2) is 46.6 Å². The minimum atomic E-state index is -1.78. The number of amides is 2. The number of alkyl halides is 2. The quantitative estimate of drug-likeness (QED) is 0.413. The minimum absolute atomic E-state index is 0.0602. The number of carbonyl (C=O) groups excluding carboxylic acids is 2. The van der Waals surface area contributed by atoms with Crippen LogP contribution in [0, 0.1) is 11.8 Å². The van der Waals surface area contributed by atoms with Gasteiger partial charge < -0.3 is 9.47 Å². The second-order valence-corrected chi connectivity index (χ2v) is 8.20. The van der Waals surface area contributed by atoms with Crippen molar-refractivity contribution in [1.29, 1.82) is 0 Å². The molecule has 10 heteroatoms. The predicted octanol–water partition coefficient (Wildman–Crippen LogP) is 2.85. The van der Waals surface area contributed by atoms with E-state index in [0.717, 1.165) is 4.90 Å². The summed E-state index contributed by atoms with van der Waals surface area (Å²) in [6.45, 7) is 0. The highest BCUT2D eigenvalue weighted by molar-refractivity contribution is 6.54. The van der Waals surface area contributed by atoms with Crippen LogP contribution in [0.2, 0.25) is 0 Å². The van der Waals surface area contributed by atoms with Gasteiger partial charge in [0.05, 0.1) is 33.8 Å². The molecule has 3 aliphatic rings. The molecule has 0 radical (unpaired) electrons. The number of anilines is 1. The lowest BCUT2D eigenvalue weighted by molar-refractivity contribution is -0.221. The molecule has 2 aliphatic carbocycles. The number of carbonyl (C=O) groups is 2. The Morgan fingerprint density at radius 2 is 1.54 bits per heavy atom. The van der Waals surface area contributed by atoms with Gasteiger partial charge >= 0.3 is 0 Å². The largest absolute Gasteiger partial charge is 0.350 e. The molecule has 6 nitrogen and oxygen atoms in total. The van der Waals surface area contributed by atoms with Crippen LogP contribution in [0.5, 0.6) is 0 Å². The number of pyridine rings is 1. The van der Waals surface area contributed by atoms with Crippen molar-refractivity contribution in [1.82, 2.24) is 4.98 Å². The highest BCUT2D eigenvalue weighted by Gasteiger charge is 2.89. The Labute approximate surface area is 168 Å². The van der Waals surface area contributed by atoms with Crippen molar-refractivity contribution in [2.75, 3.05) is 19.1 Å². The Hall–Kier alpha value is -0.890. The predicted molar refractivity (Wildman–Crippen MR) is 96.4 cm³/mol. The van der Waals surface area contributed by atoms with E-state index < -0.39 is 39.2 Å². The molecular formula is C16H12Cl4N2O4. The maximum absolute atomic E-state index is 13.2. The molecule has 2 amide bonds. The van der Waals surface area contributed by atoms with Gasteiger partial charge in [-0.3, -0.25) is 14.6 Å².